The van der Waals surface area contributed by atoms with Crippen molar-refractivity contribution < 1.29 is 0 Å². The average molecular weight is 349 g/mol. The van der Waals surface area contributed by atoms with Crippen LogP contribution in [-0.2, 0) is 6.54 Å². The van der Waals surface area contributed by atoms with E-state index in [1.807, 2.05) is 12.3 Å². The number of hydrogen-bond acceptors (Lipinski definition) is 3. The summed E-state index contributed by atoms with van der Waals surface area (Å²) < 4.78 is 2.05. The molecule has 88 valence electrons. The predicted octanol–water partition coefficient (Wildman–Crippen LogP) is 3.10. The summed E-state index contributed by atoms with van der Waals surface area (Å²) in [6.07, 6.45) is 5.78. The van der Waals surface area contributed by atoms with Crippen LogP contribution in [0.5, 0.6) is 0 Å². The summed E-state index contributed by atoms with van der Waals surface area (Å²) in [5.74, 6) is 0. The van der Waals surface area contributed by atoms with E-state index in [0.29, 0.717) is 0 Å². The standard InChI is InChI=1S/C11H15Br2N3/c12-9-6-10(13)11(14-7-9)8-15-16-4-2-1-3-5-16/h6-7,15H,1-5,8H2. The number of piperidine rings is 1. The van der Waals surface area contributed by atoms with Gasteiger partial charge in [0, 0.05) is 28.2 Å². The van der Waals surface area contributed by atoms with Crippen LogP contribution in [0.1, 0.15) is 25.0 Å². The summed E-state index contributed by atoms with van der Waals surface area (Å²) in [6.45, 7) is 3.08. The van der Waals surface area contributed by atoms with Gasteiger partial charge < -0.3 is 0 Å². The Labute approximate surface area is 113 Å². The third-order valence-electron chi connectivity index (χ3n) is 2.71. The second-order valence-corrected chi connectivity index (χ2v) is 5.73. The average Bonchev–Trinajstić information content (AvgIpc) is 2.29. The highest BCUT2D eigenvalue weighted by molar-refractivity contribution is 9.11. The number of hydrogen-bond donors (Lipinski definition) is 1. The van der Waals surface area contributed by atoms with E-state index in [1.54, 1.807) is 0 Å². The minimum Gasteiger partial charge on any atom is -0.258 e. The van der Waals surface area contributed by atoms with Gasteiger partial charge in [-0.1, -0.05) is 6.42 Å². The Kier molecular flexibility index (Phi) is 4.76. The fraction of sp³-hybridized carbons (Fsp3) is 0.545. The second-order valence-electron chi connectivity index (χ2n) is 3.96. The first kappa shape index (κ1) is 12.5. The lowest BCUT2D eigenvalue weighted by atomic mass is 10.2. The van der Waals surface area contributed by atoms with E-state index < -0.39 is 0 Å². The van der Waals surface area contributed by atoms with Crippen LogP contribution in [0.25, 0.3) is 0 Å². The van der Waals surface area contributed by atoms with Gasteiger partial charge in [0.15, 0.2) is 0 Å². The molecule has 0 atom stereocenters. The lowest BCUT2D eigenvalue weighted by molar-refractivity contribution is 0.150. The summed E-state index contributed by atoms with van der Waals surface area (Å²) in [7, 11) is 0. The number of pyridine rings is 1. The van der Waals surface area contributed by atoms with Gasteiger partial charge in [-0.25, -0.2) is 10.4 Å². The van der Waals surface area contributed by atoms with Crippen molar-refractivity contribution >= 4 is 31.9 Å². The molecule has 0 spiro atoms. The van der Waals surface area contributed by atoms with E-state index in [2.05, 4.69) is 47.3 Å². The molecule has 1 saturated heterocycles. The van der Waals surface area contributed by atoms with Gasteiger partial charge in [0.2, 0.25) is 0 Å². The highest BCUT2D eigenvalue weighted by atomic mass is 79.9. The Morgan fingerprint density at radius 2 is 2.00 bits per heavy atom. The smallest absolute Gasteiger partial charge is 0.0698 e. The maximum Gasteiger partial charge on any atom is 0.0698 e. The maximum atomic E-state index is 4.38. The fourth-order valence-electron chi connectivity index (χ4n) is 1.81. The molecule has 1 N–H and O–H groups in total. The highest BCUT2D eigenvalue weighted by Crippen LogP contribution is 2.19. The molecule has 0 unspecified atom stereocenters. The van der Waals surface area contributed by atoms with Gasteiger partial charge in [0.05, 0.1) is 12.2 Å². The fourth-order valence-corrected chi connectivity index (χ4v) is 2.94. The zero-order valence-electron chi connectivity index (χ0n) is 9.05. The molecule has 16 heavy (non-hydrogen) atoms. The quantitative estimate of drug-likeness (QED) is 0.909. The van der Waals surface area contributed by atoms with Crippen molar-refractivity contribution in [3.8, 4) is 0 Å². The zero-order valence-corrected chi connectivity index (χ0v) is 12.2. The third kappa shape index (κ3) is 3.52. The van der Waals surface area contributed by atoms with Crippen LogP contribution in [0.15, 0.2) is 21.2 Å². The molecule has 1 aromatic heterocycles. The summed E-state index contributed by atoms with van der Waals surface area (Å²) in [6, 6.07) is 2.03. The monoisotopic (exact) mass is 347 g/mol. The van der Waals surface area contributed by atoms with Crippen LogP contribution >= 0.6 is 31.9 Å². The number of aromatic nitrogens is 1. The molecule has 5 heteroatoms. The van der Waals surface area contributed by atoms with Crippen LogP contribution in [0.2, 0.25) is 0 Å². The molecule has 1 fully saturated rings. The van der Waals surface area contributed by atoms with Crippen molar-refractivity contribution in [2.75, 3.05) is 13.1 Å². The molecule has 0 aromatic carbocycles. The molecule has 0 saturated carbocycles. The topological polar surface area (TPSA) is 28.2 Å². The lowest BCUT2D eigenvalue weighted by Crippen LogP contribution is -2.41. The summed E-state index contributed by atoms with van der Waals surface area (Å²) >= 11 is 6.92. The molecule has 0 amide bonds. The Morgan fingerprint density at radius 3 is 2.69 bits per heavy atom. The first-order valence-corrected chi connectivity index (χ1v) is 7.12. The molecule has 2 rings (SSSR count). The van der Waals surface area contributed by atoms with Crippen LogP contribution < -0.4 is 5.43 Å². The third-order valence-corrected chi connectivity index (χ3v) is 3.83. The van der Waals surface area contributed by atoms with Crippen molar-refractivity contribution in [2.45, 2.75) is 25.8 Å². The Hall–Kier alpha value is 0.0300. The summed E-state index contributed by atoms with van der Waals surface area (Å²) in [5, 5.41) is 2.29. The second kappa shape index (κ2) is 6.10. The predicted molar refractivity (Wildman–Crippen MR) is 71.9 cm³/mol. The van der Waals surface area contributed by atoms with E-state index in [1.165, 1.54) is 19.3 Å². The summed E-state index contributed by atoms with van der Waals surface area (Å²) in [5.41, 5.74) is 4.47. The lowest BCUT2D eigenvalue weighted by Gasteiger charge is -2.27. The maximum absolute atomic E-state index is 4.38. The molecule has 1 aromatic rings. The van der Waals surface area contributed by atoms with E-state index in [9.17, 15) is 0 Å². The molecule has 0 bridgehead atoms. The normalized spacial score (nSPS) is 17.6. The van der Waals surface area contributed by atoms with E-state index >= 15 is 0 Å². The van der Waals surface area contributed by atoms with Gasteiger partial charge in [-0.3, -0.25) is 4.98 Å². The van der Waals surface area contributed by atoms with Gasteiger partial charge >= 0.3 is 0 Å². The van der Waals surface area contributed by atoms with Gasteiger partial charge in [-0.05, 0) is 50.8 Å². The Balaban J connectivity index is 1.88. The summed E-state index contributed by atoms with van der Waals surface area (Å²) in [4.78, 5) is 4.38. The van der Waals surface area contributed by atoms with E-state index in [4.69, 9.17) is 0 Å². The molecule has 3 nitrogen and oxygen atoms in total. The Bertz CT molecular complexity index is 351. The molecular formula is C11H15Br2N3. The highest BCUT2D eigenvalue weighted by Gasteiger charge is 2.10. The number of rotatable bonds is 3. The molecule has 2 heterocycles. The first-order valence-electron chi connectivity index (χ1n) is 5.54. The minimum atomic E-state index is 0.786. The van der Waals surface area contributed by atoms with Crippen LogP contribution in [-0.4, -0.2) is 23.1 Å². The van der Waals surface area contributed by atoms with Crippen molar-refractivity contribution in [1.82, 2.24) is 15.4 Å². The number of halogens is 2. The molecule has 0 aliphatic carbocycles. The van der Waals surface area contributed by atoms with Crippen molar-refractivity contribution in [3.05, 3.63) is 26.9 Å². The van der Waals surface area contributed by atoms with Gasteiger partial charge in [-0.2, -0.15) is 0 Å². The van der Waals surface area contributed by atoms with Gasteiger partial charge in [0.1, 0.15) is 0 Å². The molecule has 1 aliphatic heterocycles. The largest absolute Gasteiger partial charge is 0.258 e. The van der Waals surface area contributed by atoms with Crippen LogP contribution in [0, 0.1) is 0 Å². The number of hydrazine groups is 1. The van der Waals surface area contributed by atoms with Crippen LogP contribution in [0.3, 0.4) is 0 Å². The first-order chi connectivity index (χ1) is 7.75. The Morgan fingerprint density at radius 1 is 1.25 bits per heavy atom. The van der Waals surface area contributed by atoms with Crippen molar-refractivity contribution in [2.24, 2.45) is 0 Å². The van der Waals surface area contributed by atoms with E-state index in [0.717, 1.165) is 34.3 Å². The molecule has 1 aliphatic rings. The van der Waals surface area contributed by atoms with Crippen molar-refractivity contribution in [1.29, 1.82) is 0 Å². The SMILES string of the molecule is Brc1cnc(CNN2CCCCC2)c(Br)c1. The zero-order chi connectivity index (χ0) is 11.4. The number of nitrogens with zero attached hydrogens (tertiary/aromatic N) is 2. The molecule has 0 radical (unpaired) electrons. The van der Waals surface area contributed by atoms with Gasteiger partial charge in [-0.15, -0.1) is 0 Å². The van der Waals surface area contributed by atoms with E-state index in [-0.39, 0.29) is 0 Å². The minimum absolute atomic E-state index is 0.786. The van der Waals surface area contributed by atoms with Crippen LogP contribution in [0.4, 0.5) is 0 Å². The number of nitrogens with one attached hydrogen (secondary N) is 1. The van der Waals surface area contributed by atoms with Gasteiger partial charge in [0.25, 0.3) is 0 Å². The molecular weight excluding hydrogens is 334 g/mol. The van der Waals surface area contributed by atoms with Crippen molar-refractivity contribution in [3.63, 3.8) is 0 Å².